The van der Waals surface area contributed by atoms with Gasteiger partial charge in [-0.15, -0.1) is 11.3 Å². The minimum Gasteiger partial charge on any atom is -0.478 e. The lowest BCUT2D eigenvalue weighted by atomic mass is 10.2. The molecule has 0 saturated heterocycles. The lowest BCUT2D eigenvalue weighted by Crippen LogP contribution is -2.13. The average molecular weight is 223 g/mol. The van der Waals surface area contributed by atoms with Crippen LogP contribution in [0.3, 0.4) is 0 Å². The van der Waals surface area contributed by atoms with Crippen molar-refractivity contribution in [2.24, 2.45) is 0 Å². The molecule has 5 heteroatoms. The molecule has 78 valence electrons. The molecule has 1 aliphatic rings. The van der Waals surface area contributed by atoms with Crippen molar-refractivity contribution >= 4 is 28.9 Å². The van der Waals surface area contributed by atoms with E-state index in [0.717, 1.165) is 9.75 Å². The zero-order chi connectivity index (χ0) is 11.0. The highest BCUT2D eigenvalue weighted by molar-refractivity contribution is 7.13. The predicted molar refractivity (Wildman–Crippen MR) is 56.4 cm³/mol. The Bertz CT molecular complexity index is 473. The Hall–Kier alpha value is -1.62. The third kappa shape index (κ3) is 1.78. The SMILES string of the molecule is Cc1ccc(C2=C(C(=O)O)CC(=O)N2)s1. The molecule has 1 aliphatic heterocycles. The largest absolute Gasteiger partial charge is 0.478 e. The summed E-state index contributed by atoms with van der Waals surface area (Å²) in [6.45, 7) is 1.94. The number of carbonyl (C=O) groups is 2. The third-order valence-corrected chi connectivity index (χ3v) is 3.17. The van der Waals surface area contributed by atoms with E-state index in [-0.39, 0.29) is 17.9 Å². The van der Waals surface area contributed by atoms with E-state index in [2.05, 4.69) is 5.32 Å². The maximum atomic E-state index is 11.1. The summed E-state index contributed by atoms with van der Waals surface area (Å²) in [7, 11) is 0. The first-order valence-corrected chi connectivity index (χ1v) is 5.22. The van der Waals surface area contributed by atoms with Crippen molar-refractivity contribution in [1.82, 2.24) is 5.32 Å². The molecule has 1 amide bonds. The monoisotopic (exact) mass is 223 g/mol. The van der Waals surface area contributed by atoms with Crippen LogP contribution >= 0.6 is 11.3 Å². The second-order valence-electron chi connectivity index (χ2n) is 3.29. The zero-order valence-electron chi connectivity index (χ0n) is 8.03. The van der Waals surface area contributed by atoms with E-state index >= 15 is 0 Å². The van der Waals surface area contributed by atoms with Gasteiger partial charge in [0.1, 0.15) is 0 Å². The smallest absolute Gasteiger partial charge is 0.334 e. The standard InChI is InChI=1S/C10H9NO3S/c1-5-2-3-7(15-5)9-6(10(13)14)4-8(12)11-9/h2-3H,4H2,1H3,(H,11,12)(H,13,14). The van der Waals surface area contributed by atoms with Gasteiger partial charge in [0.05, 0.1) is 22.6 Å². The van der Waals surface area contributed by atoms with Crippen molar-refractivity contribution in [3.8, 4) is 0 Å². The first-order valence-electron chi connectivity index (χ1n) is 4.41. The molecule has 0 aromatic carbocycles. The number of thiophene rings is 1. The summed E-state index contributed by atoms with van der Waals surface area (Å²) in [5, 5.41) is 11.5. The number of aliphatic carboxylic acids is 1. The molecule has 0 atom stereocenters. The molecule has 0 spiro atoms. The number of carbonyl (C=O) groups excluding carboxylic acids is 1. The van der Waals surface area contributed by atoms with Crippen molar-refractivity contribution < 1.29 is 14.7 Å². The maximum absolute atomic E-state index is 11.1. The Kier molecular flexibility index (Phi) is 2.32. The van der Waals surface area contributed by atoms with Gasteiger partial charge < -0.3 is 10.4 Å². The summed E-state index contributed by atoms with van der Waals surface area (Å²) in [5.74, 6) is -1.29. The van der Waals surface area contributed by atoms with E-state index in [1.165, 1.54) is 11.3 Å². The lowest BCUT2D eigenvalue weighted by molar-refractivity contribution is -0.133. The third-order valence-electron chi connectivity index (χ3n) is 2.15. The number of nitrogens with one attached hydrogen (secondary N) is 1. The van der Waals surface area contributed by atoms with Crippen LogP contribution in [0.5, 0.6) is 0 Å². The van der Waals surface area contributed by atoms with Crippen LogP contribution in [0.1, 0.15) is 16.2 Å². The molecule has 0 radical (unpaired) electrons. The van der Waals surface area contributed by atoms with Gasteiger partial charge in [0, 0.05) is 4.88 Å². The summed E-state index contributed by atoms with van der Waals surface area (Å²) in [6.07, 6.45) is -0.0401. The number of aryl methyl sites for hydroxylation is 1. The molecule has 2 heterocycles. The van der Waals surface area contributed by atoms with Gasteiger partial charge in [0.2, 0.25) is 5.91 Å². The van der Waals surface area contributed by atoms with E-state index in [9.17, 15) is 9.59 Å². The molecule has 15 heavy (non-hydrogen) atoms. The number of hydrogen-bond donors (Lipinski definition) is 2. The quantitative estimate of drug-likeness (QED) is 0.795. The molecule has 1 aromatic heterocycles. The molecule has 4 nitrogen and oxygen atoms in total. The molecule has 0 fully saturated rings. The van der Waals surface area contributed by atoms with Crippen LogP contribution in [0.4, 0.5) is 0 Å². The van der Waals surface area contributed by atoms with Gasteiger partial charge in [-0.1, -0.05) is 0 Å². The summed E-state index contributed by atoms with van der Waals surface area (Å²) in [5.41, 5.74) is 0.604. The summed E-state index contributed by atoms with van der Waals surface area (Å²) < 4.78 is 0. The Labute approximate surface area is 90.2 Å². The fourth-order valence-electron chi connectivity index (χ4n) is 1.47. The van der Waals surface area contributed by atoms with Gasteiger partial charge in [0.15, 0.2) is 0 Å². The maximum Gasteiger partial charge on any atom is 0.334 e. The van der Waals surface area contributed by atoms with Crippen molar-refractivity contribution in [3.63, 3.8) is 0 Å². The molecule has 2 rings (SSSR count). The average Bonchev–Trinajstić information content (AvgIpc) is 2.71. The first-order chi connectivity index (χ1) is 7.08. The first kappa shape index (κ1) is 9.92. The van der Waals surface area contributed by atoms with Crippen LogP contribution in [0, 0.1) is 6.92 Å². The zero-order valence-corrected chi connectivity index (χ0v) is 8.85. The van der Waals surface area contributed by atoms with E-state index < -0.39 is 5.97 Å². The van der Waals surface area contributed by atoms with Crippen molar-refractivity contribution in [1.29, 1.82) is 0 Å². The van der Waals surface area contributed by atoms with E-state index in [1.807, 2.05) is 19.1 Å². The highest BCUT2D eigenvalue weighted by atomic mass is 32.1. The van der Waals surface area contributed by atoms with Crippen LogP contribution in [0.25, 0.3) is 5.70 Å². The van der Waals surface area contributed by atoms with Gasteiger partial charge in [-0.3, -0.25) is 4.79 Å². The van der Waals surface area contributed by atoms with Gasteiger partial charge >= 0.3 is 5.97 Å². The number of hydrogen-bond acceptors (Lipinski definition) is 3. The van der Waals surface area contributed by atoms with Crippen LogP contribution in [-0.4, -0.2) is 17.0 Å². The molecular weight excluding hydrogens is 214 g/mol. The van der Waals surface area contributed by atoms with Crippen LogP contribution in [0.15, 0.2) is 17.7 Å². The highest BCUT2D eigenvalue weighted by Crippen LogP contribution is 2.29. The second kappa shape index (κ2) is 3.51. The molecule has 0 bridgehead atoms. The van der Waals surface area contributed by atoms with Gasteiger partial charge in [-0.25, -0.2) is 4.79 Å². The second-order valence-corrected chi connectivity index (χ2v) is 4.58. The molecular formula is C10H9NO3S. The van der Waals surface area contributed by atoms with Crippen molar-refractivity contribution in [2.75, 3.05) is 0 Å². The van der Waals surface area contributed by atoms with E-state index in [4.69, 9.17) is 5.11 Å². The minimum absolute atomic E-state index is 0.0401. The fourth-order valence-corrected chi connectivity index (χ4v) is 2.37. The number of carboxylic acids is 1. The van der Waals surface area contributed by atoms with Crippen molar-refractivity contribution in [3.05, 3.63) is 27.5 Å². The number of carboxylic acid groups (broad SMARTS) is 1. The van der Waals surface area contributed by atoms with Crippen molar-refractivity contribution in [2.45, 2.75) is 13.3 Å². The molecule has 1 aromatic rings. The molecule has 0 saturated carbocycles. The Morgan fingerprint density at radius 3 is 2.80 bits per heavy atom. The fraction of sp³-hybridized carbons (Fsp3) is 0.200. The van der Waals surface area contributed by atoms with E-state index in [1.54, 1.807) is 0 Å². The molecule has 0 unspecified atom stereocenters. The Morgan fingerprint density at radius 1 is 1.53 bits per heavy atom. The van der Waals surface area contributed by atoms with Crippen LogP contribution in [0.2, 0.25) is 0 Å². The van der Waals surface area contributed by atoms with Gasteiger partial charge in [-0.05, 0) is 19.1 Å². The van der Waals surface area contributed by atoms with Gasteiger partial charge in [-0.2, -0.15) is 0 Å². The normalized spacial score (nSPS) is 15.7. The van der Waals surface area contributed by atoms with Crippen LogP contribution < -0.4 is 5.32 Å². The Morgan fingerprint density at radius 2 is 2.27 bits per heavy atom. The predicted octanol–water partition coefficient (Wildman–Crippen LogP) is 1.37. The lowest BCUT2D eigenvalue weighted by Gasteiger charge is -1.99. The highest BCUT2D eigenvalue weighted by Gasteiger charge is 2.27. The van der Waals surface area contributed by atoms with E-state index in [0.29, 0.717) is 5.70 Å². The minimum atomic E-state index is -1.03. The summed E-state index contributed by atoms with van der Waals surface area (Å²) in [6, 6.07) is 3.72. The molecule has 2 N–H and O–H groups in total. The molecule has 0 aliphatic carbocycles. The summed E-state index contributed by atoms with van der Waals surface area (Å²) in [4.78, 5) is 23.9. The number of amides is 1. The van der Waals surface area contributed by atoms with Gasteiger partial charge in [0.25, 0.3) is 0 Å². The Balaban J connectivity index is 2.45. The van der Waals surface area contributed by atoms with Crippen LogP contribution in [-0.2, 0) is 9.59 Å². The topological polar surface area (TPSA) is 66.4 Å². The number of rotatable bonds is 2. The summed E-state index contributed by atoms with van der Waals surface area (Å²) >= 11 is 1.47.